The highest BCUT2D eigenvalue weighted by molar-refractivity contribution is 6.19. The number of anilines is 1. The molecule has 0 aromatic heterocycles. The summed E-state index contributed by atoms with van der Waals surface area (Å²) in [7, 11) is 1.77. The summed E-state index contributed by atoms with van der Waals surface area (Å²) in [4.78, 5) is 47.3. The highest BCUT2D eigenvalue weighted by Crippen LogP contribution is 2.40. The molecule has 0 unspecified atom stereocenters. The summed E-state index contributed by atoms with van der Waals surface area (Å²) >= 11 is 6.05. The molecule has 2 saturated heterocycles. The second kappa shape index (κ2) is 10.5. The molecule has 2 fully saturated rings. The highest BCUT2D eigenvalue weighted by atomic mass is 35.5. The molecule has 2 aliphatic heterocycles. The van der Waals surface area contributed by atoms with E-state index in [0.29, 0.717) is 39.1 Å². The van der Waals surface area contributed by atoms with Crippen LogP contribution in [0.25, 0.3) is 0 Å². The summed E-state index contributed by atoms with van der Waals surface area (Å²) in [5, 5.41) is 0. The Balaban J connectivity index is 1.51. The number of benzene rings is 2. The molecule has 0 bridgehead atoms. The van der Waals surface area contributed by atoms with Crippen LogP contribution in [0.15, 0.2) is 60.7 Å². The topological polar surface area (TPSA) is 64.2 Å². The first-order valence-electron chi connectivity index (χ1n) is 12.4. The van der Waals surface area contributed by atoms with E-state index in [0.717, 1.165) is 11.3 Å². The summed E-state index contributed by atoms with van der Waals surface area (Å²) in [5.74, 6) is 0.110. The first-order valence-corrected chi connectivity index (χ1v) is 13.0. The van der Waals surface area contributed by atoms with Crippen molar-refractivity contribution in [3.05, 3.63) is 66.2 Å². The molecule has 2 aliphatic rings. The van der Waals surface area contributed by atoms with Crippen LogP contribution in [-0.2, 0) is 20.9 Å². The Labute approximate surface area is 218 Å². The third kappa shape index (κ3) is 5.07. The van der Waals surface area contributed by atoms with Crippen LogP contribution in [0.3, 0.4) is 0 Å². The number of hydrogen-bond donors (Lipinski definition) is 0. The Bertz CT molecular complexity index is 1080. The lowest BCUT2D eigenvalue weighted by Crippen LogP contribution is -2.58. The third-order valence-electron chi connectivity index (χ3n) is 7.39. The van der Waals surface area contributed by atoms with E-state index in [1.165, 1.54) is 0 Å². The zero-order valence-electron chi connectivity index (χ0n) is 21.3. The first-order chi connectivity index (χ1) is 17.2. The van der Waals surface area contributed by atoms with Crippen LogP contribution in [0.5, 0.6) is 0 Å². The number of halogens is 1. The number of amides is 3. The second-order valence-electron chi connectivity index (χ2n) is 10.5. The number of piperidine rings is 1. The number of likely N-dealkylation sites (tertiary alicyclic amines) is 1. The van der Waals surface area contributed by atoms with Gasteiger partial charge < -0.3 is 19.6 Å². The van der Waals surface area contributed by atoms with Crippen molar-refractivity contribution in [1.29, 1.82) is 0 Å². The van der Waals surface area contributed by atoms with Gasteiger partial charge in [0.15, 0.2) is 0 Å². The van der Waals surface area contributed by atoms with Crippen LogP contribution < -0.4 is 4.90 Å². The Morgan fingerprint density at radius 3 is 2.17 bits per heavy atom. The Morgan fingerprint density at radius 2 is 1.58 bits per heavy atom. The fourth-order valence-electron chi connectivity index (χ4n) is 5.12. The molecule has 1 spiro atoms. The molecule has 36 heavy (non-hydrogen) atoms. The van der Waals surface area contributed by atoms with Crippen molar-refractivity contribution < 1.29 is 14.4 Å². The van der Waals surface area contributed by atoms with Crippen LogP contribution >= 0.6 is 11.6 Å². The largest absolute Gasteiger partial charge is 0.342 e. The molecule has 0 atom stereocenters. The van der Waals surface area contributed by atoms with E-state index in [1.54, 1.807) is 16.8 Å². The van der Waals surface area contributed by atoms with Gasteiger partial charge >= 0.3 is 0 Å². The standard InChI is InChI=1S/C28H35ClN4O3/c1-27(2,20-29)25(35)31-16-14-28(15-17-31)26(36)32(21-33(28)23-12-8-5-9-13-23)19-24(34)30(3)18-22-10-6-4-7-11-22/h4-13H,14-21H2,1-3H3. The summed E-state index contributed by atoms with van der Waals surface area (Å²) in [6.45, 7) is 5.51. The first kappa shape index (κ1) is 26.0. The molecular weight excluding hydrogens is 476 g/mol. The number of rotatable bonds is 7. The zero-order chi connectivity index (χ0) is 25.9. The van der Waals surface area contributed by atoms with Gasteiger partial charge in [-0.3, -0.25) is 14.4 Å². The van der Waals surface area contributed by atoms with Gasteiger partial charge in [0, 0.05) is 38.2 Å². The zero-order valence-corrected chi connectivity index (χ0v) is 22.1. The maximum Gasteiger partial charge on any atom is 0.250 e. The van der Waals surface area contributed by atoms with Crippen molar-refractivity contribution in [1.82, 2.24) is 14.7 Å². The van der Waals surface area contributed by atoms with Crippen molar-refractivity contribution in [3.8, 4) is 0 Å². The van der Waals surface area contributed by atoms with E-state index in [-0.39, 0.29) is 30.1 Å². The molecule has 0 aliphatic carbocycles. The Kier molecular flexibility index (Phi) is 7.59. The van der Waals surface area contributed by atoms with Gasteiger partial charge in [0.2, 0.25) is 11.8 Å². The van der Waals surface area contributed by atoms with Crippen LogP contribution in [0.2, 0.25) is 0 Å². The second-order valence-corrected chi connectivity index (χ2v) is 10.8. The predicted molar refractivity (Wildman–Crippen MR) is 141 cm³/mol. The number of alkyl halides is 1. The average molecular weight is 511 g/mol. The van der Waals surface area contributed by atoms with Gasteiger partial charge in [-0.1, -0.05) is 48.5 Å². The summed E-state index contributed by atoms with van der Waals surface area (Å²) < 4.78 is 0. The summed E-state index contributed by atoms with van der Waals surface area (Å²) in [6.07, 6.45) is 1.02. The minimum atomic E-state index is -0.776. The molecule has 4 rings (SSSR count). The summed E-state index contributed by atoms with van der Waals surface area (Å²) in [5.41, 5.74) is 0.563. The molecule has 3 amide bonds. The van der Waals surface area contributed by atoms with Crippen LogP contribution in [-0.4, -0.2) is 77.2 Å². The van der Waals surface area contributed by atoms with Gasteiger partial charge in [-0.15, -0.1) is 11.6 Å². The SMILES string of the molecule is CN(Cc1ccccc1)C(=O)CN1CN(c2ccccc2)C2(CCN(C(=O)C(C)(C)CCl)CC2)C1=O. The fourth-order valence-corrected chi connectivity index (χ4v) is 5.23. The van der Waals surface area contributed by atoms with Crippen molar-refractivity contribution in [2.45, 2.75) is 38.8 Å². The van der Waals surface area contributed by atoms with Crippen molar-refractivity contribution in [2.24, 2.45) is 5.41 Å². The Hall–Kier alpha value is -3.06. The molecule has 0 radical (unpaired) electrons. The molecule has 2 aromatic carbocycles. The minimum Gasteiger partial charge on any atom is -0.342 e. The maximum absolute atomic E-state index is 13.9. The molecule has 192 valence electrons. The molecule has 8 heteroatoms. The van der Waals surface area contributed by atoms with Gasteiger partial charge in [-0.05, 0) is 44.4 Å². The van der Waals surface area contributed by atoms with E-state index in [2.05, 4.69) is 4.90 Å². The van der Waals surface area contributed by atoms with Gasteiger partial charge in [0.1, 0.15) is 12.1 Å². The van der Waals surface area contributed by atoms with Gasteiger partial charge in [0.25, 0.3) is 5.91 Å². The van der Waals surface area contributed by atoms with Crippen LogP contribution in [0, 0.1) is 5.41 Å². The molecule has 2 heterocycles. The fraction of sp³-hybridized carbons (Fsp3) is 0.464. The third-order valence-corrected chi connectivity index (χ3v) is 8.06. The van der Waals surface area contributed by atoms with Crippen molar-refractivity contribution >= 4 is 35.0 Å². The number of hydrogen-bond acceptors (Lipinski definition) is 4. The maximum atomic E-state index is 13.9. The van der Waals surface area contributed by atoms with E-state index in [4.69, 9.17) is 11.6 Å². The average Bonchev–Trinajstić information content (AvgIpc) is 3.15. The quantitative estimate of drug-likeness (QED) is 0.534. The molecule has 0 N–H and O–H groups in total. The van der Waals surface area contributed by atoms with Crippen molar-refractivity contribution in [3.63, 3.8) is 0 Å². The number of nitrogens with zero attached hydrogens (tertiary/aromatic N) is 4. The molecule has 0 saturated carbocycles. The number of carbonyl (C=O) groups excluding carboxylic acids is 3. The lowest BCUT2D eigenvalue weighted by atomic mass is 9.84. The highest BCUT2D eigenvalue weighted by Gasteiger charge is 2.54. The predicted octanol–water partition coefficient (Wildman–Crippen LogP) is 3.58. The van der Waals surface area contributed by atoms with Gasteiger partial charge in [0.05, 0.1) is 12.1 Å². The van der Waals surface area contributed by atoms with Crippen LogP contribution in [0.4, 0.5) is 5.69 Å². The number of likely N-dealkylation sites (N-methyl/N-ethyl adjacent to an activating group) is 1. The molecule has 7 nitrogen and oxygen atoms in total. The molecular formula is C28H35ClN4O3. The van der Waals surface area contributed by atoms with E-state index in [9.17, 15) is 14.4 Å². The Morgan fingerprint density at radius 1 is 1.00 bits per heavy atom. The minimum absolute atomic E-state index is 0.0126. The van der Waals surface area contributed by atoms with E-state index >= 15 is 0 Å². The summed E-state index contributed by atoms with van der Waals surface area (Å²) in [6, 6.07) is 19.7. The lowest BCUT2D eigenvalue weighted by molar-refractivity contribution is -0.144. The van der Waals surface area contributed by atoms with Crippen LogP contribution in [0.1, 0.15) is 32.3 Å². The monoisotopic (exact) mass is 510 g/mol. The normalized spacial score (nSPS) is 17.6. The number of para-hydroxylation sites is 1. The van der Waals surface area contributed by atoms with Gasteiger partial charge in [-0.2, -0.15) is 0 Å². The van der Waals surface area contributed by atoms with E-state index in [1.807, 2.05) is 79.4 Å². The lowest BCUT2D eigenvalue weighted by Gasteiger charge is -2.44. The number of carbonyl (C=O) groups is 3. The van der Waals surface area contributed by atoms with Gasteiger partial charge in [-0.25, -0.2) is 0 Å². The van der Waals surface area contributed by atoms with Crippen molar-refractivity contribution in [2.75, 3.05) is 44.1 Å². The molecule has 2 aromatic rings. The van der Waals surface area contributed by atoms with E-state index < -0.39 is 11.0 Å². The smallest absolute Gasteiger partial charge is 0.250 e.